The third-order valence-electron chi connectivity index (χ3n) is 8.60. The minimum absolute atomic E-state index is 0.899. The highest BCUT2D eigenvalue weighted by Gasteiger charge is 2.22. The number of benzene rings is 7. The summed E-state index contributed by atoms with van der Waals surface area (Å²) in [7, 11) is 0. The van der Waals surface area contributed by atoms with Gasteiger partial charge in [0.15, 0.2) is 0 Å². The van der Waals surface area contributed by atoms with E-state index in [9.17, 15) is 0 Å². The average molecular weight is 536 g/mol. The summed E-state index contributed by atoms with van der Waals surface area (Å²) in [5.41, 5.74) is 10.8. The second-order valence-electron chi connectivity index (χ2n) is 10.9. The number of ether oxygens (including phenoxy) is 1. The van der Waals surface area contributed by atoms with E-state index in [1.165, 1.54) is 66.1 Å². The van der Waals surface area contributed by atoms with Crippen LogP contribution in [0.15, 0.2) is 152 Å². The zero-order valence-corrected chi connectivity index (χ0v) is 22.8. The van der Waals surface area contributed by atoms with Gasteiger partial charge >= 0.3 is 0 Å². The third-order valence-corrected chi connectivity index (χ3v) is 8.60. The molecule has 2 heteroatoms. The molecule has 0 atom stereocenters. The predicted octanol–water partition coefficient (Wildman–Crippen LogP) is 11.0. The van der Waals surface area contributed by atoms with Gasteiger partial charge in [-0.3, -0.25) is 0 Å². The van der Waals surface area contributed by atoms with Gasteiger partial charge < -0.3 is 9.30 Å². The Bertz CT molecular complexity index is 2320. The zero-order valence-electron chi connectivity index (χ0n) is 22.8. The fourth-order valence-corrected chi connectivity index (χ4v) is 6.80. The van der Waals surface area contributed by atoms with Crippen molar-refractivity contribution in [1.29, 1.82) is 0 Å². The number of aromatic nitrogens is 1. The van der Waals surface area contributed by atoms with E-state index in [1.54, 1.807) is 0 Å². The van der Waals surface area contributed by atoms with Crippen LogP contribution in [0.3, 0.4) is 0 Å². The van der Waals surface area contributed by atoms with Crippen molar-refractivity contribution in [2.75, 3.05) is 0 Å². The van der Waals surface area contributed by atoms with E-state index in [4.69, 9.17) is 4.74 Å². The molecule has 0 unspecified atom stereocenters. The first-order valence-electron chi connectivity index (χ1n) is 14.4. The Morgan fingerprint density at radius 2 is 1.07 bits per heavy atom. The Hall–Kier alpha value is -5.60. The van der Waals surface area contributed by atoms with Crippen molar-refractivity contribution in [3.05, 3.63) is 152 Å². The number of hydrogen-bond donors (Lipinski definition) is 0. The Balaban J connectivity index is 1.29. The lowest BCUT2D eigenvalue weighted by molar-refractivity contribution is 0.487. The predicted molar refractivity (Wildman–Crippen MR) is 175 cm³/mol. The summed E-state index contributed by atoms with van der Waals surface area (Å²) in [5, 5.41) is 4.90. The molecule has 2 nitrogen and oxygen atoms in total. The van der Waals surface area contributed by atoms with E-state index >= 15 is 0 Å². The molecule has 7 aromatic carbocycles. The molecule has 0 fully saturated rings. The van der Waals surface area contributed by atoms with Gasteiger partial charge in [0.05, 0.1) is 11.0 Å². The van der Waals surface area contributed by atoms with Crippen LogP contribution in [-0.2, 0) is 0 Å². The number of hydrogen-bond acceptors (Lipinski definition) is 1. The maximum absolute atomic E-state index is 6.40. The van der Waals surface area contributed by atoms with Crippen LogP contribution in [-0.4, -0.2) is 4.57 Å². The van der Waals surface area contributed by atoms with Crippen LogP contribution < -0.4 is 4.74 Å². The van der Waals surface area contributed by atoms with Gasteiger partial charge in [-0.05, 0) is 75.7 Å². The van der Waals surface area contributed by atoms with E-state index in [0.717, 1.165) is 17.1 Å². The van der Waals surface area contributed by atoms with E-state index in [1.807, 2.05) is 0 Å². The van der Waals surface area contributed by atoms with E-state index in [-0.39, 0.29) is 0 Å². The van der Waals surface area contributed by atoms with Crippen LogP contribution in [0.1, 0.15) is 0 Å². The zero-order chi connectivity index (χ0) is 27.6. The highest BCUT2D eigenvalue weighted by Crippen LogP contribution is 2.48. The van der Waals surface area contributed by atoms with E-state index in [0.29, 0.717) is 0 Å². The molecule has 0 aliphatic carbocycles. The van der Waals surface area contributed by atoms with Crippen LogP contribution in [0.2, 0.25) is 0 Å². The van der Waals surface area contributed by atoms with E-state index < -0.39 is 0 Å². The number of nitrogens with zero attached hydrogens (tertiary/aromatic N) is 1. The lowest BCUT2D eigenvalue weighted by Crippen LogP contribution is -1.97. The van der Waals surface area contributed by atoms with Crippen molar-refractivity contribution in [1.82, 2.24) is 4.57 Å². The monoisotopic (exact) mass is 535 g/mol. The standard InChI is InChI=1S/C40H25NO/c1-2-13-28(14-3-1)41-35-20-7-6-17-33(35)40-31(19-10-21-36(40)41)30-16-5-4-15-29(30)27-23-24-37-34(25-27)32-18-8-11-26-12-9-22-38(42-37)39(26)32/h1-25H. The molecular formula is C40H25NO. The molecule has 1 aliphatic heterocycles. The lowest BCUT2D eigenvalue weighted by Gasteiger charge is -2.22. The van der Waals surface area contributed by atoms with Crippen LogP contribution >= 0.6 is 0 Å². The van der Waals surface area contributed by atoms with Gasteiger partial charge in [-0.2, -0.15) is 0 Å². The van der Waals surface area contributed by atoms with Gasteiger partial charge in [-0.1, -0.05) is 109 Å². The summed E-state index contributed by atoms with van der Waals surface area (Å²) >= 11 is 0. The summed E-state index contributed by atoms with van der Waals surface area (Å²) in [5.74, 6) is 1.82. The Morgan fingerprint density at radius 3 is 1.95 bits per heavy atom. The van der Waals surface area contributed by atoms with Crippen LogP contribution in [0.25, 0.3) is 71.6 Å². The van der Waals surface area contributed by atoms with Crippen LogP contribution in [0, 0.1) is 0 Å². The van der Waals surface area contributed by atoms with Crippen molar-refractivity contribution in [2.45, 2.75) is 0 Å². The number of rotatable bonds is 3. The molecule has 8 aromatic rings. The molecule has 196 valence electrons. The maximum Gasteiger partial charge on any atom is 0.135 e. The molecule has 42 heavy (non-hydrogen) atoms. The summed E-state index contributed by atoms with van der Waals surface area (Å²) in [4.78, 5) is 0. The quantitative estimate of drug-likeness (QED) is 0.219. The molecule has 0 spiro atoms. The molecule has 0 N–H and O–H groups in total. The Kier molecular flexibility index (Phi) is 4.93. The normalized spacial score (nSPS) is 12.0. The SMILES string of the molecule is c1ccc(-n2c3ccccc3c3c(-c4ccccc4-c4ccc5c(c4)-c4cccc6cccc(c46)O5)cccc32)cc1. The highest BCUT2D eigenvalue weighted by atomic mass is 16.5. The molecule has 1 aliphatic rings. The summed E-state index contributed by atoms with van der Waals surface area (Å²) < 4.78 is 8.78. The fraction of sp³-hybridized carbons (Fsp3) is 0. The minimum Gasteiger partial charge on any atom is -0.456 e. The molecule has 0 radical (unpaired) electrons. The first-order chi connectivity index (χ1) is 20.8. The van der Waals surface area contributed by atoms with Crippen molar-refractivity contribution >= 4 is 32.6 Å². The molecule has 1 aromatic heterocycles. The lowest BCUT2D eigenvalue weighted by atomic mass is 9.89. The van der Waals surface area contributed by atoms with Gasteiger partial charge in [-0.25, -0.2) is 0 Å². The molecule has 0 saturated carbocycles. The smallest absolute Gasteiger partial charge is 0.135 e. The summed E-state index contributed by atoms with van der Waals surface area (Å²) in [6.07, 6.45) is 0. The molecule has 0 saturated heterocycles. The van der Waals surface area contributed by atoms with Gasteiger partial charge in [0.2, 0.25) is 0 Å². The van der Waals surface area contributed by atoms with Crippen LogP contribution in [0.5, 0.6) is 11.5 Å². The molecule has 0 amide bonds. The second-order valence-corrected chi connectivity index (χ2v) is 10.9. The average Bonchev–Trinajstić information content (AvgIpc) is 3.40. The first-order valence-corrected chi connectivity index (χ1v) is 14.4. The Morgan fingerprint density at radius 1 is 0.405 bits per heavy atom. The number of para-hydroxylation sites is 2. The largest absolute Gasteiger partial charge is 0.456 e. The summed E-state index contributed by atoms with van der Waals surface area (Å²) in [6.45, 7) is 0. The summed E-state index contributed by atoms with van der Waals surface area (Å²) in [6, 6.07) is 54.2. The Labute approximate surface area is 243 Å². The second kappa shape index (κ2) is 8.95. The molecular weight excluding hydrogens is 510 g/mol. The molecule has 0 bridgehead atoms. The van der Waals surface area contributed by atoms with Crippen molar-refractivity contribution in [3.63, 3.8) is 0 Å². The number of fused-ring (bicyclic) bond motifs is 5. The molecule has 2 heterocycles. The van der Waals surface area contributed by atoms with Crippen LogP contribution in [0.4, 0.5) is 0 Å². The fourth-order valence-electron chi connectivity index (χ4n) is 6.80. The minimum atomic E-state index is 0.899. The van der Waals surface area contributed by atoms with Crippen molar-refractivity contribution < 1.29 is 4.74 Å². The van der Waals surface area contributed by atoms with Gasteiger partial charge in [-0.15, -0.1) is 0 Å². The van der Waals surface area contributed by atoms with Crippen molar-refractivity contribution in [2.24, 2.45) is 0 Å². The van der Waals surface area contributed by atoms with E-state index in [2.05, 4.69) is 156 Å². The van der Waals surface area contributed by atoms with Crippen molar-refractivity contribution in [3.8, 4) is 50.6 Å². The van der Waals surface area contributed by atoms with Gasteiger partial charge in [0, 0.05) is 27.4 Å². The molecule has 9 rings (SSSR count). The maximum atomic E-state index is 6.40. The topological polar surface area (TPSA) is 14.2 Å². The third kappa shape index (κ3) is 3.33. The highest BCUT2D eigenvalue weighted by molar-refractivity contribution is 6.17. The first kappa shape index (κ1) is 23.1. The van der Waals surface area contributed by atoms with Gasteiger partial charge in [0.25, 0.3) is 0 Å². The van der Waals surface area contributed by atoms with Gasteiger partial charge in [0.1, 0.15) is 11.5 Å².